The van der Waals surface area contributed by atoms with Gasteiger partial charge in [-0.2, -0.15) is 0 Å². The molecule has 0 saturated carbocycles. The standard InChI is InChI=1S/C29H50N2O5Si3/c1-28(2,3)38(10,11)34-21-24-23(36-39(12,13)29(4,5)6)19-25(35-24)31-20-22(26(32)30-27(31)33)17-15-14-16-18-37(7,8)9/h20,23-25H,14,19,21H2,1-13H3,(H,30,32,33)/t23-,24-,25-/m1/s1. The van der Waals surface area contributed by atoms with Crippen molar-refractivity contribution in [3.63, 3.8) is 0 Å². The lowest BCUT2D eigenvalue weighted by molar-refractivity contribution is -0.0412. The van der Waals surface area contributed by atoms with E-state index in [1.165, 1.54) is 10.8 Å². The van der Waals surface area contributed by atoms with Crippen molar-refractivity contribution in [1.82, 2.24) is 9.55 Å². The minimum Gasteiger partial charge on any atom is -0.414 e. The van der Waals surface area contributed by atoms with Crippen LogP contribution in [0.2, 0.25) is 55.9 Å². The van der Waals surface area contributed by atoms with Crippen molar-refractivity contribution in [2.24, 2.45) is 0 Å². The Morgan fingerprint density at radius 2 is 1.56 bits per heavy atom. The Morgan fingerprint density at radius 3 is 2.10 bits per heavy atom. The van der Waals surface area contributed by atoms with Gasteiger partial charge in [-0.1, -0.05) is 78.9 Å². The van der Waals surface area contributed by atoms with Crippen LogP contribution >= 0.6 is 0 Å². The van der Waals surface area contributed by atoms with E-state index in [4.69, 9.17) is 13.6 Å². The summed E-state index contributed by atoms with van der Waals surface area (Å²) in [5, 5.41) is 0.0789. The molecule has 0 aromatic carbocycles. The van der Waals surface area contributed by atoms with Gasteiger partial charge < -0.3 is 13.6 Å². The van der Waals surface area contributed by atoms with Gasteiger partial charge >= 0.3 is 5.69 Å². The molecule has 2 rings (SSSR count). The van der Waals surface area contributed by atoms with E-state index in [1.807, 2.05) is 0 Å². The van der Waals surface area contributed by atoms with Crippen LogP contribution < -0.4 is 11.2 Å². The van der Waals surface area contributed by atoms with Crippen LogP contribution in [0.1, 0.15) is 66.2 Å². The molecule has 3 atom stereocenters. The third kappa shape index (κ3) is 9.17. The number of hydrogen-bond acceptors (Lipinski definition) is 5. The zero-order chi connectivity index (χ0) is 30.0. The molecular weight excluding hydrogens is 541 g/mol. The third-order valence-electron chi connectivity index (χ3n) is 7.99. The summed E-state index contributed by atoms with van der Waals surface area (Å²) in [6.07, 6.45) is 1.21. The number of nitrogens with one attached hydrogen (secondary N) is 1. The third-order valence-corrected chi connectivity index (χ3v) is 17.9. The van der Waals surface area contributed by atoms with Crippen LogP contribution in [0.3, 0.4) is 0 Å². The Labute approximate surface area is 238 Å². The Bertz CT molecular complexity index is 1260. The average molecular weight is 591 g/mol. The van der Waals surface area contributed by atoms with E-state index in [1.54, 1.807) is 0 Å². The van der Waals surface area contributed by atoms with Gasteiger partial charge in [0, 0.05) is 12.6 Å². The first-order valence-electron chi connectivity index (χ1n) is 13.9. The van der Waals surface area contributed by atoms with Crippen LogP contribution in [0.4, 0.5) is 0 Å². The minimum absolute atomic E-state index is 0.0197. The van der Waals surface area contributed by atoms with Gasteiger partial charge in [-0.3, -0.25) is 14.3 Å². The molecule has 0 amide bonds. The summed E-state index contributed by atoms with van der Waals surface area (Å²) in [6.45, 7) is 29.0. The summed E-state index contributed by atoms with van der Waals surface area (Å²) in [6, 6.07) is 0. The van der Waals surface area contributed by atoms with Crippen LogP contribution in [0.5, 0.6) is 0 Å². The van der Waals surface area contributed by atoms with Gasteiger partial charge in [-0.15, -0.1) is 5.54 Å². The number of nitrogens with zero attached hydrogens (tertiary/aromatic N) is 1. The van der Waals surface area contributed by atoms with Crippen molar-refractivity contribution < 1.29 is 13.6 Å². The van der Waals surface area contributed by atoms with E-state index < -0.39 is 42.2 Å². The molecule has 1 fully saturated rings. The van der Waals surface area contributed by atoms with Crippen LogP contribution in [0.15, 0.2) is 15.8 Å². The molecule has 1 aliphatic rings. The molecule has 39 heavy (non-hydrogen) atoms. The van der Waals surface area contributed by atoms with E-state index in [9.17, 15) is 9.59 Å². The second kappa shape index (κ2) is 12.1. The van der Waals surface area contributed by atoms with Crippen molar-refractivity contribution in [3.8, 4) is 23.3 Å². The number of rotatable bonds is 6. The summed E-state index contributed by atoms with van der Waals surface area (Å²) in [7, 11) is -5.63. The van der Waals surface area contributed by atoms with Gasteiger partial charge in [0.25, 0.3) is 5.56 Å². The molecule has 1 aromatic rings. The lowest BCUT2D eigenvalue weighted by Gasteiger charge is -2.40. The van der Waals surface area contributed by atoms with Crippen LogP contribution in [-0.2, 0) is 13.6 Å². The van der Waals surface area contributed by atoms with Gasteiger partial charge in [0.1, 0.15) is 26.0 Å². The fourth-order valence-corrected chi connectivity index (χ4v) is 6.48. The van der Waals surface area contributed by atoms with Crippen LogP contribution in [0.25, 0.3) is 0 Å². The number of H-pyrrole nitrogens is 1. The highest BCUT2D eigenvalue weighted by molar-refractivity contribution is 6.83. The van der Waals surface area contributed by atoms with Crippen LogP contribution in [0, 0.1) is 23.3 Å². The first-order chi connectivity index (χ1) is 17.5. The van der Waals surface area contributed by atoms with Crippen molar-refractivity contribution in [3.05, 3.63) is 32.6 Å². The molecule has 0 spiro atoms. The molecule has 1 saturated heterocycles. The normalized spacial score (nSPS) is 20.7. The highest BCUT2D eigenvalue weighted by atomic mass is 28.4. The van der Waals surface area contributed by atoms with Gasteiger partial charge in [0.15, 0.2) is 16.6 Å². The quantitative estimate of drug-likeness (QED) is 0.332. The van der Waals surface area contributed by atoms with E-state index in [-0.39, 0.29) is 27.8 Å². The SMILES string of the molecule is CC(C)(C)[Si](C)(C)OC[C@H]1O[C@@H](n2cc(C#CCC#C[Si](C)(C)C)c(=O)[nH]c2=O)C[C@H]1O[Si](C)(C)C(C)(C)C. The number of ether oxygens (including phenoxy) is 1. The first-order valence-corrected chi connectivity index (χ1v) is 23.2. The summed E-state index contributed by atoms with van der Waals surface area (Å²) < 4.78 is 21.2. The van der Waals surface area contributed by atoms with E-state index in [0.29, 0.717) is 19.4 Å². The summed E-state index contributed by atoms with van der Waals surface area (Å²) in [4.78, 5) is 27.8. The Kier molecular flexibility index (Phi) is 10.4. The summed E-state index contributed by atoms with van der Waals surface area (Å²) in [5.74, 6) is 8.94. The smallest absolute Gasteiger partial charge is 0.330 e. The van der Waals surface area contributed by atoms with E-state index >= 15 is 0 Å². The zero-order valence-electron chi connectivity index (χ0n) is 26.4. The number of aromatic nitrogens is 2. The Hall–Kier alpha value is -1.67. The molecule has 1 aliphatic heterocycles. The van der Waals surface area contributed by atoms with Gasteiger partial charge in [-0.05, 0) is 36.3 Å². The summed E-state index contributed by atoms with van der Waals surface area (Å²) >= 11 is 0. The monoisotopic (exact) mass is 590 g/mol. The average Bonchev–Trinajstić information content (AvgIpc) is 3.12. The molecule has 218 valence electrons. The maximum absolute atomic E-state index is 12.9. The molecule has 0 aliphatic carbocycles. The predicted octanol–water partition coefficient (Wildman–Crippen LogP) is 5.86. The molecular formula is C29H50N2O5Si3. The van der Waals surface area contributed by atoms with Crippen molar-refractivity contribution in [2.45, 2.75) is 129 Å². The fourth-order valence-electron chi connectivity index (χ4n) is 3.49. The lowest BCUT2D eigenvalue weighted by atomic mass is 10.2. The largest absolute Gasteiger partial charge is 0.414 e. The molecule has 10 heteroatoms. The fraction of sp³-hybridized carbons (Fsp3) is 0.724. The highest BCUT2D eigenvalue weighted by Gasteiger charge is 2.46. The Morgan fingerprint density at radius 1 is 0.974 bits per heavy atom. The topological polar surface area (TPSA) is 82.5 Å². The van der Waals surface area contributed by atoms with Gasteiger partial charge in [-0.25, -0.2) is 4.79 Å². The van der Waals surface area contributed by atoms with E-state index in [0.717, 1.165) is 0 Å². The second-order valence-electron chi connectivity index (χ2n) is 14.6. The minimum atomic E-state index is -2.13. The lowest BCUT2D eigenvalue weighted by Crippen LogP contribution is -2.48. The van der Waals surface area contributed by atoms with Gasteiger partial charge in [0.2, 0.25) is 0 Å². The number of aromatic amines is 1. The van der Waals surface area contributed by atoms with E-state index in [2.05, 4.69) is 116 Å². The van der Waals surface area contributed by atoms with Gasteiger partial charge in [0.05, 0.1) is 19.1 Å². The summed E-state index contributed by atoms with van der Waals surface area (Å²) in [5.41, 5.74) is 2.45. The van der Waals surface area contributed by atoms with Crippen LogP contribution in [-0.4, -0.2) is 53.1 Å². The highest BCUT2D eigenvalue weighted by Crippen LogP contribution is 2.42. The maximum atomic E-state index is 12.9. The number of hydrogen-bond donors (Lipinski definition) is 1. The second-order valence-corrected chi connectivity index (χ2v) is 28.9. The van der Waals surface area contributed by atoms with Crippen molar-refractivity contribution >= 4 is 24.7 Å². The molecule has 7 nitrogen and oxygen atoms in total. The Balaban J connectivity index is 2.38. The molecule has 1 aromatic heterocycles. The molecule has 0 unspecified atom stereocenters. The maximum Gasteiger partial charge on any atom is 0.330 e. The zero-order valence-corrected chi connectivity index (χ0v) is 29.4. The molecule has 2 heterocycles. The van der Waals surface area contributed by atoms with Crippen molar-refractivity contribution in [2.75, 3.05) is 6.61 Å². The van der Waals surface area contributed by atoms with Crippen molar-refractivity contribution in [1.29, 1.82) is 0 Å². The molecule has 0 bridgehead atoms. The molecule has 0 radical (unpaired) electrons. The molecule has 1 N–H and O–H groups in total. The predicted molar refractivity (Wildman–Crippen MR) is 168 cm³/mol. The first kappa shape index (κ1) is 33.5.